The molecule has 0 unspecified atom stereocenters. The molecule has 0 atom stereocenters. The highest BCUT2D eigenvalue weighted by atomic mass is 16.2. The third-order valence-electron chi connectivity index (χ3n) is 4.67. The van der Waals surface area contributed by atoms with Crippen LogP contribution in [0.3, 0.4) is 0 Å². The molecule has 0 spiro atoms. The SMILES string of the molecule is Cc1ccc(CC(=O)N2CCN(CCc3ccncc3)CC2)cc1. The topological polar surface area (TPSA) is 36.4 Å². The maximum atomic E-state index is 12.4. The fourth-order valence-corrected chi connectivity index (χ4v) is 3.05. The predicted octanol–water partition coefficient (Wildman–Crippen LogP) is 2.32. The van der Waals surface area contributed by atoms with Crippen molar-refractivity contribution in [3.8, 4) is 0 Å². The van der Waals surface area contributed by atoms with Gasteiger partial charge in [0.1, 0.15) is 0 Å². The number of aryl methyl sites for hydroxylation is 1. The molecule has 0 saturated carbocycles. The van der Waals surface area contributed by atoms with Crippen molar-refractivity contribution in [2.24, 2.45) is 0 Å². The van der Waals surface area contributed by atoms with Gasteiger partial charge in [-0.1, -0.05) is 29.8 Å². The first kappa shape index (κ1) is 16.7. The van der Waals surface area contributed by atoms with Crippen molar-refractivity contribution in [2.45, 2.75) is 19.8 Å². The average Bonchev–Trinajstić information content (AvgIpc) is 2.63. The van der Waals surface area contributed by atoms with Crippen LogP contribution in [-0.2, 0) is 17.6 Å². The number of carbonyl (C=O) groups excluding carboxylic acids is 1. The summed E-state index contributed by atoms with van der Waals surface area (Å²) in [5, 5.41) is 0. The first-order valence-corrected chi connectivity index (χ1v) is 8.65. The molecule has 2 heterocycles. The normalized spacial score (nSPS) is 15.5. The van der Waals surface area contributed by atoms with Crippen LogP contribution in [0.4, 0.5) is 0 Å². The van der Waals surface area contributed by atoms with Gasteiger partial charge in [0.15, 0.2) is 0 Å². The zero-order valence-electron chi connectivity index (χ0n) is 14.3. The number of piperazine rings is 1. The number of nitrogens with zero attached hydrogens (tertiary/aromatic N) is 3. The van der Waals surface area contributed by atoms with Crippen LogP contribution in [0.15, 0.2) is 48.8 Å². The van der Waals surface area contributed by atoms with E-state index < -0.39 is 0 Å². The van der Waals surface area contributed by atoms with Crippen LogP contribution in [0.1, 0.15) is 16.7 Å². The summed E-state index contributed by atoms with van der Waals surface area (Å²) in [5.74, 6) is 0.243. The van der Waals surface area contributed by atoms with E-state index in [0.717, 1.165) is 44.7 Å². The lowest BCUT2D eigenvalue weighted by atomic mass is 10.1. The molecule has 0 radical (unpaired) electrons. The summed E-state index contributed by atoms with van der Waals surface area (Å²) in [7, 11) is 0. The Morgan fingerprint density at radius 3 is 2.29 bits per heavy atom. The number of benzene rings is 1. The maximum absolute atomic E-state index is 12.4. The monoisotopic (exact) mass is 323 g/mol. The zero-order valence-corrected chi connectivity index (χ0v) is 14.3. The second-order valence-electron chi connectivity index (χ2n) is 6.49. The molecular weight excluding hydrogens is 298 g/mol. The molecule has 2 aromatic rings. The fourth-order valence-electron chi connectivity index (χ4n) is 3.05. The standard InChI is InChI=1S/C20H25N3O/c1-17-2-4-19(5-3-17)16-20(24)23-14-12-22(13-15-23)11-8-18-6-9-21-10-7-18/h2-7,9-10H,8,11-16H2,1H3. The highest BCUT2D eigenvalue weighted by Gasteiger charge is 2.20. The van der Waals surface area contributed by atoms with E-state index in [0.29, 0.717) is 6.42 Å². The van der Waals surface area contributed by atoms with E-state index in [1.807, 2.05) is 17.3 Å². The number of pyridine rings is 1. The molecule has 1 aromatic carbocycles. The molecular formula is C20H25N3O. The lowest BCUT2D eigenvalue weighted by Gasteiger charge is -2.34. The second kappa shape index (κ2) is 8.06. The van der Waals surface area contributed by atoms with Gasteiger partial charge in [-0.15, -0.1) is 0 Å². The molecule has 1 amide bonds. The van der Waals surface area contributed by atoms with E-state index in [-0.39, 0.29) is 5.91 Å². The summed E-state index contributed by atoms with van der Waals surface area (Å²) in [6, 6.07) is 12.4. The van der Waals surface area contributed by atoms with Gasteiger partial charge in [0.2, 0.25) is 5.91 Å². The van der Waals surface area contributed by atoms with Crippen molar-refractivity contribution in [3.63, 3.8) is 0 Å². The van der Waals surface area contributed by atoms with Crippen LogP contribution in [-0.4, -0.2) is 53.4 Å². The van der Waals surface area contributed by atoms with E-state index in [4.69, 9.17) is 0 Å². The summed E-state index contributed by atoms with van der Waals surface area (Å²) in [6.07, 6.45) is 5.24. The maximum Gasteiger partial charge on any atom is 0.227 e. The van der Waals surface area contributed by atoms with Crippen molar-refractivity contribution < 1.29 is 4.79 Å². The number of aromatic nitrogens is 1. The van der Waals surface area contributed by atoms with E-state index in [1.54, 1.807) is 0 Å². The lowest BCUT2D eigenvalue weighted by molar-refractivity contribution is -0.132. The van der Waals surface area contributed by atoms with E-state index in [2.05, 4.69) is 53.2 Å². The van der Waals surface area contributed by atoms with Gasteiger partial charge in [0.05, 0.1) is 6.42 Å². The summed E-state index contributed by atoms with van der Waals surface area (Å²) < 4.78 is 0. The smallest absolute Gasteiger partial charge is 0.227 e. The van der Waals surface area contributed by atoms with Crippen LogP contribution >= 0.6 is 0 Å². The van der Waals surface area contributed by atoms with E-state index in [1.165, 1.54) is 11.1 Å². The summed E-state index contributed by atoms with van der Waals surface area (Å²) in [4.78, 5) is 20.9. The molecule has 1 aromatic heterocycles. The van der Waals surface area contributed by atoms with Gasteiger partial charge in [-0.2, -0.15) is 0 Å². The van der Waals surface area contributed by atoms with Gasteiger partial charge >= 0.3 is 0 Å². The number of amides is 1. The average molecular weight is 323 g/mol. The van der Waals surface area contributed by atoms with Crippen molar-refractivity contribution in [2.75, 3.05) is 32.7 Å². The Hall–Kier alpha value is -2.20. The molecule has 24 heavy (non-hydrogen) atoms. The molecule has 0 aliphatic carbocycles. The van der Waals surface area contributed by atoms with Crippen LogP contribution in [0, 0.1) is 6.92 Å². The summed E-state index contributed by atoms with van der Waals surface area (Å²) in [6.45, 7) is 6.71. The number of hydrogen-bond acceptors (Lipinski definition) is 3. The molecule has 1 aliphatic rings. The Balaban J connectivity index is 1.42. The van der Waals surface area contributed by atoms with Gasteiger partial charge in [-0.05, 0) is 36.6 Å². The molecule has 1 saturated heterocycles. The number of carbonyl (C=O) groups is 1. The summed E-state index contributed by atoms with van der Waals surface area (Å²) >= 11 is 0. The zero-order chi connectivity index (χ0) is 16.8. The van der Waals surface area contributed by atoms with Crippen molar-refractivity contribution in [1.82, 2.24) is 14.8 Å². The first-order valence-electron chi connectivity index (χ1n) is 8.65. The molecule has 4 nitrogen and oxygen atoms in total. The van der Waals surface area contributed by atoms with Crippen LogP contribution in [0.5, 0.6) is 0 Å². The van der Waals surface area contributed by atoms with Crippen LogP contribution < -0.4 is 0 Å². The van der Waals surface area contributed by atoms with Gasteiger partial charge in [0.25, 0.3) is 0 Å². The highest BCUT2D eigenvalue weighted by Crippen LogP contribution is 2.09. The first-order chi connectivity index (χ1) is 11.7. The Morgan fingerprint density at radius 2 is 1.62 bits per heavy atom. The Morgan fingerprint density at radius 1 is 0.958 bits per heavy atom. The minimum Gasteiger partial charge on any atom is -0.340 e. The largest absolute Gasteiger partial charge is 0.340 e. The number of hydrogen-bond donors (Lipinski definition) is 0. The Labute approximate surface area is 144 Å². The van der Waals surface area contributed by atoms with Crippen LogP contribution in [0.2, 0.25) is 0 Å². The molecule has 1 fully saturated rings. The van der Waals surface area contributed by atoms with Gasteiger partial charge < -0.3 is 4.90 Å². The molecule has 3 rings (SSSR count). The van der Waals surface area contributed by atoms with Crippen molar-refractivity contribution in [3.05, 3.63) is 65.5 Å². The van der Waals surface area contributed by atoms with Crippen molar-refractivity contribution >= 4 is 5.91 Å². The molecule has 4 heteroatoms. The Kier molecular flexibility index (Phi) is 5.59. The highest BCUT2D eigenvalue weighted by molar-refractivity contribution is 5.78. The lowest BCUT2D eigenvalue weighted by Crippen LogP contribution is -2.49. The van der Waals surface area contributed by atoms with Gasteiger partial charge in [0, 0.05) is 45.1 Å². The van der Waals surface area contributed by atoms with E-state index in [9.17, 15) is 4.79 Å². The number of rotatable bonds is 5. The second-order valence-corrected chi connectivity index (χ2v) is 6.49. The molecule has 126 valence electrons. The Bertz CT molecular complexity index is 646. The minimum absolute atomic E-state index is 0.243. The minimum atomic E-state index is 0.243. The molecule has 0 bridgehead atoms. The quantitative estimate of drug-likeness (QED) is 0.847. The van der Waals surface area contributed by atoms with Crippen molar-refractivity contribution in [1.29, 1.82) is 0 Å². The fraction of sp³-hybridized carbons (Fsp3) is 0.400. The third-order valence-corrected chi connectivity index (χ3v) is 4.67. The summed E-state index contributed by atoms with van der Waals surface area (Å²) in [5.41, 5.74) is 3.66. The third kappa shape index (κ3) is 4.65. The van der Waals surface area contributed by atoms with Gasteiger partial charge in [-0.25, -0.2) is 0 Å². The molecule has 1 aliphatic heterocycles. The van der Waals surface area contributed by atoms with Gasteiger partial charge in [-0.3, -0.25) is 14.7 Å². The predicted molar refractivity (Wildman–Crippen MR) is 95.8 cm³/mol. The van der Waals surface area contributed by atoms with Crippen LogP contribution in [0.25, 0.3) is 0 Å². The molecule has 0 N–H and O–H groups in total. The van der Waals surface area contributed by atoms with E-state index >= 15 is 0 Å².